The van der Waals surface area contributed by atoms with E-state index in [2.05, 4.69) is 22.1 Å². The number of guanidine groups is 1. The molecule has 2 aliphatic rings. The fourth-order valence-electron chi connectivity index (χ4n) is 2.40. The predicted molar refractivity (Wildman–Crippen MR) is 93.5 cm³/mol. The number of hydrogen-bond acceptors (Lipinski definition) is 3. The van der Waals surface area contributed by atoms with Gasteiger partial charge < -0.3 is 10.2 Å². The van der Waals surface area contributed by atoms with Crippen molar-refractivity contribution in [1.82, 2.24) is 10.2 Å². The van der Waals surface area contributed by atoms with E-state index in [1.807, 2.05) is 6.92 Å². The van der Waals surface area contributed by atoms with Crippen LogP contribution in [-0.2, 0) is 9.84 Å². The van der Waals surface area contributed by atoms with Gasteiger partial charge in [-0.3, -0.25) is 4.99 Å². The Morgan fingerprint density at radius 3 is 2.50 bits per heavy atom. The molecule has 2 atom stereocenters. The lowest BCUT2D eigenvalue weighted by atomic mass is 10.2. The van der Waals surface area contributed by atoms with E-state index in [1.165, 1.54) is 6.42 Å². The van der Waals surface area contributed by atoms with Crippen LogP contribution < -0.4 is 5.32 Å². The quantitative estimate of drug-likeness (QED) is 0.422. The average molecular weight is 415 g/mol. The van der Waals surface area contributed by atoms with Crippen molar-refractivity contribution in [3.8, 4) is 0 Å². The Morgan fingerprint density at radius 2 is 2.05 bits per heavy atom. The van der Waals surface area contributed by atoms with E-state index in [0.29, 0.717) is 31.6 Å². The summed E-state index contributed by atoms with van der Waals surface area (Å²) in [6.45, 7) is 9.60. The Labute approximate surface area is 139 Å². The van der Waals surface area contributed by atoms with Crippen molar-refractivity contribution in [2.24, 2.45) is 10.9 Å². The molecule has 1 N–H and O–H groups in total. The van der Waals surface area contributed by atoms with Crippen molar-refractivity contribution in [1.29, 1.82) is 0 Å². The molecule has 0 bridgehead atoms. The highest BCUT2D eigenvalue weighted by atomic mass is 127. The van der Waals surface area contributed by atoms with Gasteiger partial charge in [-0.2, -0.15) is 0 Å². The summed E-state index contributed by atoms with van der Waals surface area (Å²) in [7, 11) is -2.99. The molecule has 0 aromatic carbocycles. The fourth-order valence-corrected chi connectivity index (χ4v) is 3.77. The van der Waals surface area contributed by atoms with Crippen molar-refractivity contribution in [2.75, 3.05) is 25.4 Å². The normalized spacial score (nSPS) is 31.4. The highest BCUT2D eigenvalue weighted by Gasteiger charge is 2.42. The molecule has 2 fully saturated rings. The summed E-state index contributed by atoms with van der Waals surface area (Å²) < 4.78 is 23.4. The first-order valence-electron chi connectivity index (χ1n) is 7.05. The number of nitrogens with zero attached hydrogens (tertiary/aromatic N) is 2. The van der Waals surface area contributed by atoms with Gasteiger partial charge in [0.05, 0.1) is 10.5 Å². The van der Waals surface area contributed by atoms with E-state index in [4.69, 9.17) is 0 Å². The number of nitrogens with one attached hydrogen (secondary N) is 1. The Kier molecular flexibility index (Phi) is 5.74. The lowest BCUT2D eigenvalue weighted by Crippen LogP contribution is -2.57. The average Bonchev–Trinajstić information content (AvgIpc) is 2.98. The van der Waals surface area contributed by atoms with E-state index < -0.39 is 14.6 Å². The van der Waals surface area contributed by atoms with E-state index in [0.717, 1.165) is 5.96 Å². The molecule has 1 aliphatic carbocycles. The third-order valence-electron chi connectivity index (χ3n) is 4.07. The highest BCUT2D eigenvalue weighted by Crippen LogP contribution is 2.30. The van der Waals surface area contributed by atoms with Crippen molar-refractivity contribution in [3.05, 3.63) is 0 Å². The molecule has 0 aromatic heterocycles. The van der Waals surface area contributed by atoms with E-state index >= 15 is 0 Å². The topological polar surface area (TPSA) is 61.8 Å². The minimum absolute atomic E-state index is 0. The van der Waals surface area contributed by atoms with Gasteiger partial charge in [0.2, 0.25) is 0 Å². The summed E-state index contributed by atoms with van der Waals surface area (Å²) in [5.74, 6) is 1.79. The first kappa shape index (κ1) is 18.0. The number of hydrogen-bond donors (Lipinski definition) is 1. The van der Waals surface area contributed by atoms with E-state index in [9.17, 15) is 8.42 Å². The zero-order chi connectivity index (χ0) is 14.3. The summed E-state index contributed by atoms with van der Waals surface area (Å²) in [6, 6.07) is 0.506. The third-order valence-corrected chi connectivity index (χ3v) is 6.61. The molecule has 0 amide bonds. The van der Waals surface area contributed by atoms with Gasteiger partial charge in [-0.05, 0) is 33.1 Å². The first-order chi connectivity index (χ1) is 8.77. The molecule has 0 spiro atoms. The number of halogens is 1. The minimum atomic E-state index is -2.99. The first-order valence-corrected chi connectivity index (χ1v) is 8.70. The van der Waals surface area contributed by atoms with Gasteiger partial charge in [0.25, 0.3) is 0 Å². The maximum absolute atomic E-state index is 12.0. The van der Waals surface area contributed by atoms with Gasteiger partial charge in [0.1, 0.15) is 0 Å². The minimum Gasteiger partial charge on any atom is -0.353 e. The molecular formula is C13H26IN3O2S. The van der Waals surface area contributed by atoms with Gasteiger partial charge in [0.15, 0.2) is 15.8 Å². The Bertz CT molecular complexity index is 476. The predicted octanol–water partition coefficient (Wildman–Crippen LogP) is 1.49. The van der Waals surface area contributed by atoms with Crippen molar-refractivity contribution in [3.63, 3.8) is 0 Å². The lowest BCUT2D eigenvalue weighted by Gasteiger charge is -2.39. The summed E-state index contributed by atoms with van der Waals surface area (Å²) in [4.78, 5) is 6.61. The second-order valence-electron chi connectivity index (χ2n) is 6.26. The summed E-state index contributed by atoms with van der Waals surface area (Å²) in [6.07, 6.45) is 1.18. The third kappa shape index (κ3) is 3.78. The highest BCUT2D eigenvalue weighted by molar-refractivity contribution is 14.0. The lowest BCUT2D eigenvalue weighted by molar-refractivity contribution is 0.352. The van der Waals surface area contributed by atoms with Crippen LogP contribution in [0.2, 0.25) is 0 Å². The molecule has 0 aromatic rings. The van der Waals surface area contributed by atoms with Crippen LogP contribution in [0.3, 0.4) is 0 Å². The van der Waals surface area contributed by atoms with Crippen LogP contribution in [-0.4, -0.2) is 55.5 Å². The second kappa shape index (κ2) is 6.37. The number of aliphatic imine (C=N–C) groups is 1. The molecule has 20 heavy (non-hydrogen) atoms. The molecule has 1 saturated carbocycles. The largest absolute Gasteiger partial charge is 0.353 e. The van der Waals surface area contributed by atoms with Crippen LogP contribution in [0.4, 0.5) is 0 Å². The second-order valence-corrected chi connectivity index (χ2v) is 9.00. The maximum Gasteiger partial charge on any atom is 0.194 e. The molecule has 7 heteroatoms. The number of sulfone groups is 1. The number of rotatable bonds is 2. The summed E-state index contributed by atoms with van der Waals surface area (Å²) in [5.41, 5.74) is 0. The monoisotopic (exact) mass is 415 g/mol. The van der Waals surface area contributed by atoms with Gasteiger partial charge >= 0.3 is 0 Å². The van der Waals surface area contributed by atoms with Crippen LogP contribution in [0.25, 0.3) is 0 Å². The molecular weight excluding hydrogens is 389 g/mol. The zero-order valence-electron chi connectivity index (χ0n) is 12.7. The summed E-state index contributed by atoms with van der Waals surface area (Å²) in [5, 5.41) is 3.46. The summed E-state index contributed by atoms with van der Waals surface area (Å²) >= 11 is 0. The van der Waals surface area contributed by atoms with Crippen molar-refractivity contribution in [2.45, 2.75) is 44.9 Å². The standard InChI is InChI=1S/C13H25N3O2S.HI/c1-5-14-12(15-11-8-10(11)2)16-6-7-19(17,18)13(3,4)9-16;/h10-11H,5-9H2,1-4H3,(H,14,15);1H. The Balaban J connectivity index is 0.00000200. The molecule has 2 unspecified atom stereocenters. The van der Waals surface area contributed by atoms with Gasteiger partial charge in [-0.25, -0.2) is 8.42 Å². The van der Waals surface area contributed by atoms with Crippen LogP contribution >= 0.6 is 24.0 Å². The Hall–Kier alpha value is -0.0500. The van der Waals surface area contributed by atoms with Crippen LogP contribution in [0.1, 0.15) is 34.1 Å². The zero-order valence-corrected chi connectivity index (χ0v) is 15.9. The van der Waals surface area contributed by atoms with Crippen LogP contribution in [0, 0.1) is 5.92 Å². The van der Waals surface area contributed by atoms with Gasteiger partial charge in [-0.15, -0.1) is 24.0 Å². The van der Waals surface area contributed by atoms with Crippen LogP contribution in [0.5, 0.6) is 0 Å². The van der Waals surface area contributed by atoms with Crippen molar-refractivity contribution < 1.29 is 8.42 Å². The maximum atomic E-state index is 12.0. The van der Waals surface area contributed by atoms with Gasteiger partial charge in [-0.1, -0.05) is 6.92 Å². The molecule has 5 nitrogen and oxygen atoms in total. The van der Waals surface area contributed by atoms with Crippen molar-refractivity contribution >= 4 is 39.8 Å². The van der Waals surface area contributed by atoms with Crippen LogP contribution in [0.15, 0.2) is 4.99 Å². The van der Waals surface area contributed by atoms with Gasteiger partial charge in [0, 0.05) is 25.7 Å². The smallest absolute Gasteiger partial charge is 0.194 e. The fraction of sp³-hybridized carbons (Fsp3) is 0.923. The molecule has 2 rings (SSSR count). The van der Waals surface area contributed by atoms with E-state index in [1.54, 1.807) is 13.8 Å². The molecule has 1 heterocycles. The SMILES string of the molecule is CCN=C(NC1CC1C)N1CCS(=O)(=O)C(C)(C)C1.I. The van der Waals surface area contributed by atoms with E-state index in [-0.39, 0.29) is 29.7 Å². The molecule has 1 saturated heterocycles. The molecule has 0 radical (unpaired) electrons. The molecule has 1 aliphatic heterocycles. The Morgan fingerprint density at radius 1 is 1.45 bits per heavy atom. The molecule has 118 valence electrons.